The van der Waals surface area contributed by atoms with Crippen LogP contribution in [0.4, 0.5) is 0 Å². The smallest absolute Gasteiger partial charge is 0.242 e. The number of hydrogen-bond acceptors (Lipinski definition) is 3. The van der Waals surface area contributed by atoms with Gasteiger partial charge in [0.05, 0.1) is 13.7 Å². The molecule has 22 heavy (non-hydrogen) atoms. The Labute approximate surface area is 135 Å². The molecule has 0 aliphatic carbocycles. The molecule has 1 aliphatic rings. The molecule has 120 valence electrons. The number of hydrogen-bond donors (Lipinski definition) is 0. The molecule has 1 aromatic carbocycles. The Balaban J connectivity index is 2.02. The van der Waals surface area contributed by atoms with Crippen LogP contribution in [0.1, 0.15) is 25.3 Å². The van der Waals surface area contributed by atoms with Crippen LogP contribution in [-0.2, 0) is 16.1 Å². The van der Waals surface area contributed by atoms with Crippen molar-refractivity contribution in [1.82, 2.24) is 9.80 Å². The van der Waals surface area contributed by atoms with Gasteiger partial charge >= 0.3 is 0 Å². The van der Waals surface area contributed by atoms with E-state index in [1.165, 1.54) is 0 Å². The summed E-state index contributed by atoms with van der Waals surface area (Å²) in [5.74, 6) is 0.647. The minimum atomic E-state index is -0.0934. The van der Waals surface area contributed by atoms with Crippen molar-refractivity contribution in [1.29, 1.82) is 0 Å². The molecule has 1 saturated heterocycles. The van der Waals surface area contributed by atoms with E-state index in [1.54, 1.807) is 42.2 Å². The first-order valence-electron chi connectivity index (χ1n) is 7.28. The van der Waals surface area contributed by atoms with Gasteiger partial charge in [0.2, 0.25) is 11.8 Å². The topological polar surface area (TPSA) is 49.9 Å². The van der Waals surface area contributed by atoms with E-state index >= 15 is 0 Å². The van der Waals surface area contributed by atoms with E-state index in [0.29, 0.717) is 23.7 Å². The minimum Gasteiger partial charge on any atom is -0.496 e. The van der Waals surface area contributed by atoms with Crippen molar-refractivity contribution in [3.63, 3.8) is 0 Å². The lowest BCUT2D eigenvalue weighted by molar-refractivity contribution is -0.138. The van der Waals surface area contributed by atoms with Gasteiger partial charge in [0.15, 0.2) is 0 Å². The van der Waals surface area contributed by atoms with Gasteiger partial charge in [0.25, 0.3) is 0 Å². The molecule has 0 spiro atoms. The lowest BCUT2D eigenvalue weighted by atomic mass is 10.2. The number of amides is 2. The molecule has 5 nitrogen and oxygen atoms in total. The Morgan fingerprint density at radius 2 is 2.23 bits per heavy atom. The average Bonchev–Trinajstić information content (AvgIpc) is 2.79. The zero-order valence-electron chi connectivity index (χ0n) is 13.1. The molecule has 1 heterocycles. The first-order valence-corrected chi connectivity index (χ1v) is 7.66. The highest BCUT2D eigenvalue weighted by atomic mass is 35.5. The predicted molar refractivity (Wildman–Crippen MR) is 84.9 cm³/mol. The molecule has 0 radical (unpaired) electrons. The Bertz CT molecular complexity index is 577. The molecular formula is C16H21ClN2O3. The van der Waals surface area contributed by atoms with E-state index in [-0.39, 0.29) is 24.4 Å². The van der Waals surface area contributed by atoms with Crippen molar-refractivity contribution in [3.05, 3.63) is 28.8 Å². The fraction of sp³-hybridized carbons (Fsp3) is 0.500. The number of likely N-dealkylation sites (tertiary alicyclic amines) is 1. The molecule has 0 unspecified atom stereocenters. The van der Waals surface area contributed by atoms with Crippen molar-refractivity contribution in [2.75, 3.05) is 20.7 Å². The Morgan fingerprint density at radius 3 is 2.82 bits per heavy atom. The van der Waals surface area contributed by atoms with Gasteiger partial charge in [0.1, 0.15) is 5.75 Å². The summed E-state index contributed by atoms with van der Waals surface area (Å²) in [5.41, 5.74) is 0.839. The number of halogens is 1. The Hall–Kier alpha value is -1.75. The first-order chi connectivity index (χ1) is 10.4. The lowest BCUT2D eigenvalue weighted by Gasteiger charge is -2.25. The molecule has 1 atom stereocenters. The molecule has 0 N–H and O–H groups in total. The maximum Gasteiger partial charge on any atom is 0.242 e. The Kier molecular flexibility index (Phi) is 5.29. The van der Waals surface area contributed by atoms with E-state index in [0.717, 1.165) is 12.0 Å². The summed E-state index contributed by atoms with van der Waals surface area (Å²) in [6, 6.07) is 5.44. The maximum absolute atomic E-state index is 12.3. The Morgan fingerprint density at radius 1 is 1.50 bits per heavy atom. The third-order valence-electron chi connectivity index (χ3n) is 4.01. The molecule has 1 aromatic rings. The van der Waals surface area contributed by atoms with Gasteiger partial charge in [-0.25, -0.2) is 0 Å². The molecule has 1 fully saturated rings. The van der Waals surface area contributed by atoms with Crippen LogP contribution in [0.3, 0.4) is 0 Å². The van der Waals surface area contributed by atoms with Gasteiger partial charge in [-0.2, -0.15) is 0 Å². The molecule has 2 rings (SSSR count). The van der Waals surface area contributed by atoms with Crippen LogP contribution >= 0.6 is 11.6 Å². The van der Waals surface area contributed by atoms with Crippen LogP contribution in [0.2, 0.25) is 5.02 Å². The van der Waals surface area contributed by atoms with Crippen LogP contribution in [-0.4, -0.2) is 48.4 Å². The van der Waals surface area contributed by atoms with Crippen LogP contribution in [0.15, 0.2) is 18.2 Å². The third-order valence-corrected chi connectivity index (χ3v) is 4.24. The first kappa shape index (κ1) is 16.6. The second-order valence-corrected chi connectivity index (χ2v) is 6.05. The SMILES string of the molecule is COc1ccc(Cl)cc1CN(C)C(=O)CN1C(=O)CC[C@@H]1C. The fourth-order valence-electron chi connectivity index (χ4n) is 2.60. The monoisotopic (exact) mass is 324 g/mol. The van der Waals surface area contributed by atoms with E-state index < -0.39 is 0 Å². The normalized spacial score (nSPS) is 17.7. The van der Waals surface area contributed by atoms with Crippen LogP contribution in [0.25, 0.3) is 0 Å². The minimum absolute atomic E-state index is 0.0505. The molecule has 0 saturated carbocycles. The van der Waals surface area contributed by atoms with Gasteiger partial charge in [-0.15, -0.1) is 0 Å². The molecular weight excluding hydrogens is 304 g/mol. The van der Waals surface area contributed by atoms with E-state index in [2.05, 4.69) is 0 Å². The maximum atomic E-state index is 12.3. The summed E-state index contributed by atoms with van der Waals surface area (Å²) in [6.07, 6.45) is 1.35. The predicted octanol–water partition coefficient (Wildman–Crippen LogP) is 2.32. The molecule has 6 heteroatoms. The van der Waals surface area contributed by atoms with Crippen molar-refractivity contribution in [2.24, 2.45) is 0 Å². The second kappa shape index (κ2) is 7.01. The number of likely N-dealkylation sites (N-methyl/N-ethyl adjacent to an activating group) is 1. The summed E-state index contributed by atoms with van der Waals surface area (Å²) >= 11 is 6.00. The van der Waals surface area contributed by atoms with E-state index in [4.69, 9.17) is 16.3 Å². The summed E-state index contributed by atoms with van der Waals surface area (Å²) in [6.45, 7) is 2.48. The number of ether oxygens (including phenoxy) is 1. The number of nitrogens with zero attached hydrogens (tertiary/aromatic N) is 2. The van der Waals surface area contributed by atoms with E-state index in [1.807, 2.05) is 6.92 Å². The zero-order valence-corrected chi connectivity index (χ0v) is 13.9. The standard InChI is InChI=1S/C16H21ClN2O3/c1-11-4-7-15(20)19(11)10-16(21)18(2)9-12-8-13(17)5-6-14(12)22-3/h5-6,8,11H,4,7,9-10H2,1-3H3/t11-/m0/s1. The molecule has 0 aromatic heterocycles. The molecule has 2 amide bonds. The quantitative estimate of drug-likeness (QED) is 0.835. The molecule has 1 aliphatic heterocycles. The molecule has 0 bridgehead atoms. The second-order valence-electron chi connectivity index (χ2n) is 5.62. The van der Waals surface area contributed by atoms with Crippen molar-refractivity contribution in [3.8, 4) is 5.75 Å². The van der Waals surface area contributed by atoms with Crippen molar-refractivity contribution < 1.29 is 14.3 Å². The number of rotatable bonds is 5. The van der Waals surface area contributed by atoms with Gasteiger partial charge < -0.3 is 14.5 Å². The lowest BCUT2D eigenvalue weighted by Crippen LogP contribution is -2.41. The van der Waals surface area contributed by atoms with E-state index in [9.17, 15) is 9.59 Å². The largest absolute Gasteiger partial charge is 0.496 e. The van der Waals surface area contributed by atoms with Crippen LogP contribution in [0, 0.1) is 0 Å². The summed E-state index contributed by atoms with van der Waals surface area (Å²) in [4.78, 5) is 27.3. The summed E-state index contributed by atoms with van der Waals surface area (Å²) in [7, 11) is 3.30. The highest BCUT2D eigenvalue weighted by Crippen LogP contribution is 2.24. The highest BCUT2D eigenvalue weighted by Gasteiger charge is 2.29. The van der Waals surface area contributed by atoms with Crippen molar-refractivity contribution in [2.45, 2.75) is 32.4 Å². The zero-order chi connectivity index (χ0) is 16.3. The highest BCUT2D eigenvalue weighted by molar-refractivity contribution is 6.30. The number of benzene rings is 1. The number of carbonyl (C=O) groups is 2. The van der Waals surface area contributed by atoms with Crippen molar-refractivity contribution >= 4 is 23.4 Å². The summed E-state index contributed by atoms with van der Waals surface area (Å²) in [5, 5.41) is 0.597. The fourth-order valence-corrected chi connectivity index (χ4v) is 2.80. The van der Waals surface area contributed by atoms with Gasteiger partial charge in [-0.1, -0.05) is 11.6 Å². The third kappa shape index (κ3) is 3.71. The number of methoxy groups -OCH3 is 1. The van der Waals surface area contributed by atoms with Gasteiger partial charge in [-0.05, 0) is 31.5 Å². The van der Waals surface area contributed by atoms with Crippen LogP contribution < -0.4 is 4.74 Å². The average molecular weight is 325 g/mol. The van der Waals surface area contributed by atoms with Crippen LogP contribution in [0.5, 0.6) is 5.75 Å². The van der Waals surface area contributed by atoms with Gasteiger partial charge in [-0.3, -0.25) is 9.59 Å². The van der Waals surface area contributed by atoms with Gasteiger partial charge in [0, 0.05) is 36.6 Å². The summed E-state index contributed by atoms with van der Waals surface area (Å²) < 4.78 is 5.29. The number of carbonyl (C=O) groups excluding carboxylic acids is 2.